The standard InChI is InChI=1S/C17H15F2NO5/c1-9(16(22)20-14-7-10(18)3-5-13(14)19)25-17(23)12-8-11(24-2)4-6-15(12)21/h3-9,21H,1-2H3,(H,20,22). The van der Waals surface area contributed by atoms with Crippen molar-refractivity contribution in [1.82, 2.24) is 0 Å². The number of nitrogens with one attached hydrogen (secondary N) is 1. The third kappa shape index (κ3) is 4.43. The maximum absolute atomic E-state index is 13.5. The number of carbonyl (C=O) groups is 2. The lowest BCUT2D eigenvalue weighted by Gasteiger charge is -2.14. The molecular weight excluding hydrogens is 336 g/mol. The predicted molar refractivity (Wildman–Crippen MR) is 84.5 cm³/mol. The van der Waals surface area contributed by atoms with Crippen molar-refractivity contribution >= 4 is 17.6 Å². The Morgan fingerprint density at radius 2 is 1.88 bits per heavy atom. The van der Waals surface area contributed by atoms with Crippen molar-refractivity contribution in [1.29, 1.82) is 0 Å². The zero-order valence-corrected chi connectivity index (χ0v) is 13.4. The van der Waals surface area contributed by atoms with Gasteiger partial charge in [0.2, 0.25) is 0 Å². The lowest BCUT2D eigenvalue weighted by Crippen LogP contribution is -2.30. The minimum absolute atomic E-state index is 0.198. The molecule has 0 saturated heterocycles. The Balaban J connectivity index is 2.08. The Morgan fingerprint density at radius 3 is 2.56 bits per heavy atom. The summed E-state index contributed by atoms with van der Waals surface area (Å²) in [4.78, 5) is 24.1. The van der Waals surface area contributed by atoms with Gasteiger partial charge in [0.15, 0.2) is 6.10 Å². The van der Waals surface area contributed by atoms with Crippen LogP contribution in [-0.4, -0.2) is 30.2 Å². The van der Waals surface area contributed by atoms with Crippen molar-refractivity contribution in [3.05, 3.63) is 53.6 Å². The summed E-state index contributed by atoms with van der Waals surface area (Å²) in [6.45, 7) is 1.25. The van der Waals surface area contributed by atoms with Crippen LogP contribution in [0.15, 0.2) is 36.4 Å². The van der Waals surface area contributed by atoms with Gasteiger partial charge in [0, 0.05) is 6.07 Å². The number of phenolic OH excluding ortho intramolecular Hbond substituents is 1. The normalized spacial score (nSPS) is 11.5. The third-order valence-electron chi connectivity index (χ3n) is 3.26. The van der Waals surface area contributed by atoms with E-state index in [2.05, 4.69) is 5.32 Å². The van der Waals surface area contributed by atoms with Crippen molar-refractivity contribution in [2.45, 2.75) is 13.0 Å². The number of hydrogen-bond acceptors (Lipinski definition) is 5. The number of anilines is 1. The molecule has 1 amide bonds. The molecule has 1 atom stereocenters. The summed E-state index contributed by atoms with van der Waals surface area (Å²) in [5, 5.41) is 11.8. The van der Waals surface area contributed by atoms with Gasteiger partial charge in [0.25, 0.3) is 5.91 Å². The second kappa shape index (κ2) is 7.61. The van der Waals surface area contributed by atoms with E-state index in [0.717, 1.165) is 18.2 Å². The van der Waals surface area contributed by atoms with Gasteiger partial charge >= 0.3 is 5.97 Å². The second-order valence-corrected chi connectivity index (χ2v) is 5.04. The Morgan fingerprint density at radius 1 is 1.16 bits per heavy atom. The fourth-order valence-electron chi connectivity index (χ4n) is 1.91. The highest BCUT2D eigenvalue weighted by molar-refractivity contribution is 5.98. The molecule has 0 bridgehead atoms. The number of esters is 1. The summed E-state index contributed by atoms with van der Waals surface area (Å²) in [5.74, 6) is -3.45. The summed E-state index contributed by atoms with van der Waals surface area (Å²) in [7, 11) is 1.38. The van der Waals surface area contributed by atoms with Gasteiger partial charge in [-0.15, -0.1) is 0 Å². The highest BCUT2D eigenvalue weighted by Crippen LogP contribution is 2.24. The van der Waals surface area contributed by atoms with Crippen molar-refractivity contribution in [3.63, 3.8) is 0 Å². The highest BCUT2D eigenvalue weighted by Gasteiger charge is 2.22. The average Bonchev–Trinajstić information content (AvgIpc) is 2.58. The number of amides is 1. The number of methoxy groups -OCH3 is 1. The summed E-state index contributed by atoms with van der Waals surface area (Å²) in [6, 6.07) is 6.48. The van der Waals surface area contributed by atoms with E-state index in [-0.39, 0.29) is 17.0 Å². The van der Waals surface area contributed by atoms with Crippen LogP contribution in [-0.2, 0) is 9.53 Å². The van der Waals surface area contributed by atoms with Gasteiger partial charge in [-0.3, -0.25) is 4.79 Å². The first-order valence-electron chi connectivity index (χ1n) is 7.15. The van der Waals surface area contributed by atoms with Crippen LogP contribution in [0, 0.1) is 11.6 Å². The van der Waals surface area contributed by atoms with E-state index in [0.29, 0.717) is 5.75 Å². The van der Waals surface area contributed by atoms with Crippen LogP contribution in [0.5, 0.6) is 11.5 Å². The maximum atomic E-state index is 13.5. The SMILES string of the molecule is COc1ccc(O)c(C(=O)OC(C)C(=O)Nc2cc(F)ccc2F)c1. The molecule has 2 aromatic carbocycles. The molecule has 25 heavy (non-hydrogen) atoms. The Kier molecular flexibility index (Phi) is 5.53. The Hall–Kier alpha value is -3.16. The molecule has 0 aliphatic carbocycles. The number of benzene rings is 2. The molecule has 0 radical (unpaired) electrons. The summed E-state index contributed by atoms with van der Waals surface area (Å²) in [5.41, 5.74) is -0.576. The molecule has 0 aliphatic heterocycles. The summed E-state index contributed by atoms with van der Waals surface area (Å²) >= 11 is 0. The Bertz CT molecular complexity index is 810. The number of halogens is 2. The Labute approximate surface area is 142 Å². The van der Waals surface area contributed by atoms with Gasteiger partial charge < -0.3 is 19.9 Å². The second-order valence-electron chi connectivity index (χ2n) is 5.04. The molecule has 0 fully saturated rings. The zero-order valence-electron chi connectivity index (χ0n) is 13.4. The molecule has 0 aliphatic rings. The van der Waals surface area contributed by atoms with E-state index in [9.17, 15) is 23.5 Å². The summed E-state index contributed by atoms with van der Waals surface area (Å²) in [6.07, 6.45) is -1.32. The minimum Gasteiger partial charge on any atom is -0.507 e. The first-order valence-corrected chi connectivity index (χ1v) is 7.15. The lowest BCUT2D eigenvalue weighted by atomic mass is 10.2. The van der Waals surface area contributed by atoms with E-state index < -0.39 is 29.6 Å². The molecule has 1 unspecified atom stereocenters. The van der Waals surface area contributed by atoms with Crippen LogP contribution in [0.1, 0.15) is 17.3 Å². The number of phenols is 1. The number of aromatic hydroxyl groups is 1. The van der Waals surface area contributed by atoms with E-state index in [1.807, 2.05) is 0 Å². The molecule has 0 spiro atoms. The summed E-state index contributed by atoms with van der Waals surface area (Å²) < 4.78 is 36.5. The van der Waals surface area contributed by atoms with Gasteiger partial charge in [-0.05, 0) is 37.3 Å². The van der Waals surface area contributed by atoms with Crippen LogP contribution >= 0.6 is 0 Å². The number of carbonyl (C=O) groups excluding carboxylic acids is 2. The van der Waals surface area contributed by atoms with Gasteiger partial charge in [0.05, 0.1) is 12.8 Å². The number of hydrogen-bond donors (Lipinski definition) is 2. The fourth-order valence-corrected chi connectivity index (χ4v) is 1.91. The maximum Gasteiger partial charge on any atom is 0.342 e. The molecule has 6 nitrogen and oxygen atoms in total. The van der Waals surface area contributed by atoms with Crippen molar-refractivity contribution in [3.8, 4) is 11.5 Å². The smallest absolute Gasteiger partial charge is 0.342 e. The van der Waals surface area contributed by atoms with Crippen molar-refractivity contribution in [2.75, 3.05) is 12.4 Å². The van der Waals surface area contributed by atoms with Crippen molar-refractivity contribution in [2.24, 2.45) is 0 Å². The first-order chi connectivity index (χ1) is 11.8. The van der Waals surface area contributed by atoms with E-state index >= 15 is 0 Å². The number of rotatable bonds is 5. The zero-order chi connectivity index (χ0) is 18.6. The van der Waals surface area contributed by atoms with Gasteiger partial charge in [-0.2, -0.15) is 0 Å². The molecular formula is C17H15F2NO5. The third-order valence-corrected chi connectivity index (χ3v) is 3.26. The predicted octanol–water partition coefficient (Wildman–Crippen LogP) is 2.86. The van der Waals surface area contributed by atoms with Crippen LogP contribution in [0.3, 0.4) is 0 Å². The quantitative estimate of drug-likeness (QED) is 0.809. The molecule has 0 aromatic heterocycles. The van der Waals surface area contributed by atoms with E-state index in [4.69, 9.17) is 9.47 Å². The molecule has 0 heterocycles. The average molecular weight is 351 g/mol. The van der Waals surface area contributed by atoms with Crippen LogP contribution in [0.2, 0.25) is 0 Å². The molecule has 2 N–H and O–H groups in total. The lowest BCUT2D eigenvalue weighted by molar-refractivity contribution is -0.123. The van der Waals surface area contributed by atoms with Gasteiger partial charge in [-0.1, -0.05) is 0 Å². The first kappa shape index (κ1) is 18.2. The molecule has 8 heteroatoms. The topological polar surface area (TPSA) is 84.9 Å². The van der Waals surface area contributed by atoms with Crippen LogP contribution in [0.4, 0.5) is 14.5 Å². The van der Waals surface area contributed by atoms with Crippen molar-refractivity contribution < 1.29 is 33.0 Å². The van der Waals surface area contributed by atoms with Gasteiger partial charge in [-0.25, -0.2) is 13.6 Å². The van der Waals surface area contributed by atoms with E-state index in [1.54, 1.807) is 0 Å². The molecule has 132 valence electrons. The minimum atomic E-state index is -1.32. The molecule has 0 saturated carbocycles. The molecule has 2 aromatic rings. The highest BCUT2D eigenvalue weighted by atomic mass is 19.1. The van der Waals surface area contributed by atoms with Crippen LogP contribution < -0.4 is 10.1 Å². The largest absolute Gasteiger partial charge is 0.507 e. The molecule has 2 rings (SSSR count). The van der Waals surface area contributed by atoms with Gasteiger partial charge in [0.1, 0.15) is 28.7 Å². The monoisotopic (exact) mass is 351 g/mol. The number of ether oxygens (including phenoxy) is 2. The van der Waals surface area contributed by atoms with Crippen LogP contribution in [0.25, 0.3) is 0 Å². The fraction of sp³-hybridized carbons (Fsp3) is 0.176. The van der Waals surface area contributed by atoms with E-state index in [1.165, 1.54) is 32.2 Å².